The third-order valence-corrected chi connectivity index (χ3v) is 5.63. The van der Waals surface area contributed by atoms with Crippen LogP contribution in [0.5, 0.6) is 0 Å². The Morgan fingerprint density at radius 2 is 1.95 bits per heavy atom. The van der Waals surface area contributed by atoms with Crippen LogP contribution in [0.15, 0.2) is 33.6 Å². The summed E-state index contributed by atoms with van der Waals surface area (Å²) in [5.41, 5.74) is 0. The number of benzene rings is 1. The summed E-state index contributed by atoms with van der Waals surface area (Å²) in [4.78, 5) is 0.365. The van der Waals surface area contributed by atoms with Gasteiger partial charge in [0.05, 0.1) is 10.1 Å². The number of halogens is 1. The molecule has 0 heterocycles. The van der Waals surface area contributed by atoms with Crippen LogP contribution in [0.25, 0.3) is 0 Å². The Balaban J connectivity index is 2.45. The molecule has 6 heteroatoms. The molecule has 1 aromatic carbocycles. The number of sulfone groups is 1. The predicted octanol–water partition coefficient (Wildman–Crippen LogP) is 2.63. The van der Waals surface area contributed by atoms with Crippen molar-refractivity contribution in [3.63, 3.8) is 0 Å². The lowest BCUT2D eigenvalue weighted by Crippen LogP contribution is -2.32. The lowest BCUT2D eigenvalue weighted by atomic mass is 10.4. The van der Waals surface area contributed by atoms with Gasteiger partial charge in [0.15, 0.2) is 9.84 Å². The SMILES string of the molecule is CCOCCCNCC(C)S(=O)(=O)c1ccc(Br)cc1. The molecule has 0 radical (unpaired) electrons. The van der Waals surface area contributed by atoms with Crippen LogP contribution in [0.2, 0.25) is 0 Å². The maximum atomic E-state index is 12.3. The van der Waals surface area contributed by atoms with Crippen molar-refractivity contribution in [1.82, 2.24) is 5.32 Å². The highest BCUT2D eigenvalue weighted by Gasteiger charge is 2.22. The molecule has 1 atom stereocenters. The van der Waals surface area contributed by atoms with Gasteiger partial charge in [0.25, 0.3) is 0 Å². The first-order chi connectivity index (χ1) is 9.48. The summed E-state index contributed by atoms with van der Waals surface area (Å²) in [5.74, 6) is 0. The maximum Gasteiger partial charge on any atom is 0.182 e. The summed E-state index contributed by atoms with van der Waals surface area (Å²) in [6, 6.07) is 6.75. The van der Waals surface area contributed by atoms with E-state index in [1.807, 2.05) is 6.92 Å². The van der Waals surface area contributed by atoms with Gasteiger partial charge in [-0.25, -0.2) is 8.42 Å². The average molecular weight is 364 g/mol. The van der Waals surface area contributed by atoms with E-state index in [0.29, 0.717) is 24.7 Å². The molecule has 0 aliphatic rings. The zero-order valence-corrected chi connectivity index (χ0v) is 14.3. The summed E-state index contributed by atoms with van der Waals surface area (Å²) >= 11 is 3.30. The van der Waals surface area contributed by atoms with Crippen molar-refractivity contribution in [2.75, 3.05) is 26.3 Å². The molecule has 4 nitrogen and oxygen atoms in total. The summed E-state index contributed by atoms with van der Waals surface area (Å²) in [5, 5.41) is 2.71. The van der Waals surface area contributed by atoms with E-state index in [1.54, 1.807) is 31.2 Å². The van der Waals surface area contributed by atoms with Crippen molar-refractivity contribution in [3.8, 4) is 0 Å². The highest BCUT2D eigenvalue weighted by molar-refractivity contribution is 9.10. The third kappa shape index (κ3) is 5.52. The lowest BCUT2D eigenvalue weighted by Gasteiger charge is -2.14. The summed E-state index contributed by atoms with van der Waals surface area (Å²) < 4.78 is 30.8. The van der Waals surface area contributed by atoms with E-state index < -0.39 is 15.1 Å². The smallest absolute Gasteiger partial charge is 0.182 e. The van der Waals surface area contributed by atoms with Gasteiger partial charge in [-0.3, -0.25) is 0 Å². The largest absolute Gasteiger partial charge is 0.382 e. The minimum absolute atomic E-state index is 0.365. The molecule has 114 valence electrons. The second kappa shape index (κ2) is 8.77. The van der Waals surface area contributed by atoms with Crippen molar-refractivity contribution >= 4 is 25.8 Å². The number of rotatable bonds is 9. The Morgan fingerprint density at radius 3 is 2.55 bits per heavy atom. The van der Waals surface area contributed by atoms with Gasteiger partial charge in [0.2, 0.25) is 0 Å². The molecule has 0 saturated carbocycles. The topological polar surface area (TPSA) is 55.4 Å². The molecular formula is C14H22BrNO3S. The molecule has 0 spiro atoms. The molecule has 1 rings (SSSR count). The predicted molar refractivity (Wildman–Crippen MR) is 84.8 cm³/mol. The zero-order valence-electron chi connectivity index (χ0n) is 11.9. The van der Waals surface area contributed by atoms with E-state index >= 15 is 0 Å². The molecule has 0 aromatic heterocycles. The van der Waals surface area contributed by atoms with Gasteiger partial charge >= 0.3 is 0 Å². The zero-order chi connectivity index (χ0) is 15.0. The molecule has 0 saturated heterocycles. The molecular weight excluding hydrogens is 342 g/mol. The maximum absolute atomic E-state index is 12.3. The van der Waals surface area contributed by atoms with Crippen molar-refractivity contribution < 1.29 is 13.2 Å². The first kappa shape index (κ1) is 17.6. The minimum Gasteiger partial charge on any atom is -0.382 e. The normalized spacial score (nSPS) is 13.3. The fourth-order valence-electron chi connectivity index (χ4n) is 1.72. The highest BCUT2D eigenvalue weighted by atomic mass is 79.9. The second-order valence-corrected chi connectivity index (χ2v) is 7.85. The Morgan fingerprint density at radius 1 is 1.30 bits per heavy atom. The number of hydrogen-bond donors (Lipinski definition) is 1. The van der Waals surface area contributed by atoms with E-state index in [0.717, 1.165) is 17.4 Å². The van der Waals surface area contributed by atoms with Gasteiger partial charge < -0.3 is 10.1 Å². The Bertz CT molecular complexity index is 488. The Labute approximate surface area is 130 Å². The summed E-state index contributed by atoms with van der Waals surface area (Å²) in [6.07, 6.45) is 0.888. The van der Waals surface area contributed by atoms with E-state index in [1.165, 1.54) is 0 Å². The van der Waals surface area contributed by atoms with Crippen LogP contribution in [0.4, 0.5) is 0 Å². The highest BCUT2D eigenvalue weighted by Crippen LogP contribution is 2.18. The second-order valence-electron chi connectivity index (χ2n) is 4.56. The monoisotopic (exact) mass is 363 g/mol. The molecule has 1 N–H and O–H groups in total. The number of ether oxygens (including phenoxy) is 1. The van der Waals surface area contributed by atoms with Crippen LogP contribution in [-0.4, -0.2) is 40.0 Å². The van der Waals surface area contributed by atoms with Crippen molar-refractivity contribution in [2.24, 2.45) is 0 Å². The van der Waals surface area contributed by atoms with Crippen LogP contribution in [0.1, 0.15) is 20.3 Å². The third-order valence-electron chi connectivity index (χ3n) is 2.95. The average Bonchev–Trinajstić information content (AvgIpc) is 2.43. The summed E-state index contributed by atoms with van der Waals surface area (Å²) in [7, 11) is -3.27. The first-order valence-corrected chi connectivity index (χ1v) is 9.10. The molecule has 0 fully saturated rings. The molecule has 1 unspecified atom stereocenters. The van der Waals surface area contributed by atoms with E-state index in [2.05, 4.69) is 21.2 Å². The van der Waals surface area contributed by atoms with Gasteiger partial charge in [0.1, 0.15) is 0 Å². The van der Waals surface area contributed by atoms with Crippen LogP contribution < -0.4 is 5.32 Å². The van der Waals surface area contributed by atoms with Crippen molar-refractivity contribution in [1.29, 1.82) is 0 Å². The van der Waals surface area contributed by atoms with Gasteiger partial charge in [0, 0.05) is 24.2 Å². The van der Waals surface area contributed by atoms with Crippen LogP contribution in [0.3, 0.4) is 0 Å². The quantitative estimate of drug-likeness (QED) is 0.685. The van der Waals surface area contributed by atoms with Crippen LogP contribution in [0, 0.1) is 0 Å². The van der Waals surface area contributed by atoms with Gasteiger partial charge in [-0.05, 0) is 51.1 Å². The molecule has 0 bridgehead atoms. The van der Waals surface area contributed by atoms with E-state index in [4.69, 9.17) is 4.74 Å². The van der Waals surface area contributed by atoms with Gasteiger partial charge in [-0.15, -0.1) is 0 Å². The Hall–Kier alpha value is -0.430. The molecule has 1 aromatic rings. The van der Waals surface area contributed by atoms with Gasteiger partial charge in [-0.2, -0.15) is 0 Å². The lowest BCUT2D eigenvalue weighted by molar-refractivity contribution is 0.145. The standard InChI is InChI=1S/C14H22BrNO3S/c1-3-19-10-4-9-16-11-12(2)20(17,18)14-7-5-13(15)6-8-14/h5-8,12,16H,3-4,9-11H2,1-2H3. The summed E-state index contributed by atoms with van der Waals surface area (Å²) in [6.45, 7) is 6.32. The fourth-order valence-corrected chi connectivity index (χ4v) is 3.30. The Kier molecular flexibility index (Phi) is 7.72. The van der Waals surface area contributed by atoms with Crippen molar-refractivity contribution in [2.45, 2.75) is 30.4 Å². The van der Waals surface area contributed by atoms with Crippen LogP contribution in [-0.2, 0) is 14.6 Å². The molecule has 0 amide bonds. The number of hydrogen-bond acceptors (Lipinski definition) is 4. The molecule has 20 heavy (non-hydrogen) atoms. The van der Waals surface area contributed by atoms with Crippen molar-refractivity contribution in [3.05, 3.63) is 28.7 Å². The van der Waals surface area contributed by atoms with Crippen LogP contribution >= 0.6 is 15.9 Å². The minimum atomic E-state index is -3.27. The van der Waals surface area contributed by atoms with E-state index in [-0.39, 0.29) is 0 Å². The fraction of sp³-hybridized carbons (Fsp3) is 0.571. The van der Waals surface area contributed by atoms with Gasteiger partial charge in [-0.1, -0.05) is 15.9 Å². The molecule has 0 aliphatic heterocycles. The number of nitrogens with one attached hydrogen (secondary N) is 1. The molecule has 0 aliphatic carbocycles. The van der Waals surface area contributed by atoms with E-state index in [9.17, 15) is 8.42 Å². The first-order valence-electron chi connectivity index (χ1n) is 6.76.